The number of hydrogen-bond acceptors (Lipinski definition) is 6. The monoisotopic (exact) mass is 388 g/mol. The Labute approximate surface area is 159 Å². The molecule has 0 unspecified atom stereocenters. The molecule has 1 aromatic carbocycles. The summed E-state index contributed by atoms with van der Waals surface area (Å²) in [7, 11) is 0. The second-order valence-corrected chi connectivity index (χ2v) is 6.35. The van der Waals surface area contributed by atoms with Gasteiger partial charge in [-0.2, -0.15) is 0 Å². The van der Waals surface area contributed by atoms with Crippen LogP contribution >= 0.6 is 12.2 Å². The Morgan fingerprint density at radius 2 is 2.00 bits per heavy atom. The number of para-hydroxylation sites is 1. The van der Waals surface area contributed by atoms with Gasteiger partial charge in [-0.15, -0.1) is 0 Å². The Morgan fingerprint density at radius 3 is 2.67 bits per heavy atom. The van der Waals surface area contributed by atoms with E-state index in [2.05, 4.69) is 15.1 Å². The molecule has 0 radical (unpaired) electrons. The Balaban J connectivity index is 1.65. The van der Waals surface area contributed by atoms with E-state index in [0.717, 1.165) is 6.42 Å². The van der Waals surface area contributed by atoms with Crippen molar-refractivity contribution in [3.05, 3.63) is 65.1 Å². The normalized spacial score (nSPS) is 16.2. The van der Waals surface area contributed by atoms with Gasteiger partial charge in [-0.05, 0) is 36.8 Å². The molecule has 0 amide bonds. The average molecular weight is 388 g/mol. The summed E-state index contributed by atoms with van der Waals surface area (Å²) in [6.07, 6.45) is 3.72. The highest BCUT2D eigenvalue weighted by Crippen LogP contribution is 2.34. The van der Waals surface area contributed by atoms with Crippen LogP contribution in [-0.2, 0) is 21.8 Å². The molecule has 1 N–H and O–H groups in total. The molecule has 1 aliphatic heterocycles. The highest BCUT2D eigenvalue weighted by molar-refractivity contribution is 7.71. The summed E-state index contributed by atoms with van der Waals surface area (Å²) < 4.78 is 33.9. The van der Waals surface area contributed by atoms with Crippen LogP contribution in [0.4, 0.5) is 4.39 Å². The van der Waals surface area contributed by atoms with Crippen molar-refractivity contribution in [3.63, 3.8) is 0 Å². The van der Waals surface area contributed by atoms with Gasteiger partial charge in [-0.25, -0.2) is 14.4 Å². The van der Waals surface area contributed by atoms with Crippen LogP contribution in [0.1, 0.15) is 12.0 Å². The fourth-order valence-electron chi connectivity index (χ4n) is 2.83. The number of aromatic amines is 1. The molecule has 4 rings (SSSR count). The number of hydrogen-bond donors (Lipinski definition) is 1. The van der Waals surface area contributed by atoms with Crippen molar-refractivity contribution in [2.75, 3.05) is 13.2 Å². The van der Waals surface area contributed by atoms with Crippen LogP contribution < -0.4 is 4.74 Å². The zero-order valence-corrected chi connectivity index (χ0v) is 15.1. The van der Waals surface area contributed by atoms with Crippen LogP contribution in [0, 0.1) is 10.6 Å². The summed E-state index contributed by atoms with van der Waals surface area (Å²) in [4.78, 5) is 8.11. The van der Waals surface area contributed by atoms with Gasteiger partial charge in [0.2, 0.25) is 10.6 Å². The zero-order chi connectivity index (χ0) is 18.7. The van der Waals surface area contributed by atoms with E-state index in [1.807, 2.05) is 6.07 Å². The van der Waals surface area contributed by atoms with Crippen LogP contribution in [0.15, 0.2) is 48.9 Å². The molecule has 2 aromatic heterocycles. The van der Waals surface area contributed by atoms with Gasteiger partial charge in [-0.3, -0.25) is 9.78 Å². The van der Waals surface area contributed by atoms with Gasteiger partial charge < -0.3 is 14.2 Å². The number of pyridine rings is 1. The van der Waals surface area contributed by atoms with Crippen molar-refractivity contribution in [3.8, 4) is 11.6 Å². The summed E-state index contributed by atoms with van der Waals surface area (Å²) in [5.41, 5.74) is 0.441. The molecule has 3 heterocycles. The number of H-pyrrole nitrogens is 1. The molecule has 140 valence electrons. The number of aromatic nitrogens is 4. The maximum absolute atomic E-state index is 14.7. The van der Waals surface area contributed by atoms with Gasteiger partial charge in [0.25, 0.3) is 5.88 Å². The van der Waals surface area contributed by atoms with E-state index in [4.69, 9.17) is 26.4 Å². The Morgan fingerprint density at radius 1 is 1.22 bits per heavy atom. The molecule has 0 saturated carbocycles. The molecular weight excluding hydrogens is 371 g/mol. The Bertz CT molecular complexity index is 970. The molecule has 0 atom stereocenters. The van der Waals surface area contributed by atoms with Crippen molar-refractivity contribution in [1.82, 2.24) is 19.7 Å². The van der Waals surface area contributed by atoms with Gasteiger partial charge >= 0.3 is 0 Å². The van der Waals surface area contributed by atoms with Gasteiger partial charge in [-0.1, -0.05) is 18.2 Å². The summed E-state index contributed by atoms with van der Waals surface area (Å²) in [5, 5.41) is 2.91. The molecule has 1 aliphatic rings. The number of rotatable bonds is 5. The number of halogens is 1. The van der Waals surface area contributed by atoms with E-state index in [1.165, 1.54) is 18.6 Å². The van der Waals surface area contributed by atoms with Gasteiger partial charge in [0, 0.05) is 11.8 Å². The highest BCUT2D eigenvalue weighted by atomic mass is 32.1. The molecule has 7 nitrogen and oxygen atoms in total. The molecule has 3 aromatic rings. The smallest absolute Gasteiger partial charge is 0.255 e. The SMILES string of the molecule is Fc1cc(C2(Cn3[nH]cnc3=S)OCCCO2)cnc1Oc1ccccc1. The molecule has 27 heavy (non-hydrogen) atoms. The van der Waals surface area contributed by atoms with E-state index in [0.29, 0.717) is 29.3 Å². The van der Waals surface area contributed by atoms with E-state index < -0.39 is 11.6 Å². The predicted octanol–water partition coefficient (Wildman–Crippen LogP) is 3.56. The van der Waals surface area contributed by atoms with Crippen molar-refractivity contribution < 1.29 is 18.6 Å². The lowest BCUT2D eigenvalue weighted by atomic mass is 10.1. The van der Waals surface area contributed by atoms with Gasteiger partial charge in [0.05, 0.1) is 13.2 Å². The van der Waals surface area contributed by atoms with Crippen LogP contribution in [0.2, 0.25) is 0 Å². The zero-order valence-electron chi connectivity index (χ0n) is 14.3. The minimum atomic E-state index is -1.21. The molecular formula is C18H17FN4O3S. The number of nitrogens with one attached hydrogen (secondary N) is 1. The maximum atomic E-state index is 14.7. The van der Waals surface area contributed by atoms with Crippen molar-refractivity contribution in [2.24, 2.45) is 0 Å². The van der Waals surface area contributed by atoms with E-state index >= 15 is 0 Å². The predicted molar refractivity (Wildman–Crippen MR) is 96.3 cm³/mol. The quantitative estimate of drug-likeness (QED) is 0.674. The lowest BCUT2D eigenvalue weighted by Gasteiger charge is -2.37. The number of ether oxygens (including phenoxy) is 3. The van der Waals surface area contributed by atoms with E-state index in [-0.39, 0.29) is 12.4 Å². The third-order valence-electron chi connectivity index (χ3n) is 4.15. The molecule has 0 spiro atoms. The number of nitrogens with zero attached hydrogens (tertiary/aromatic N) is 3. The minimum absolute atomic E-state index is 0.117. The van der Waals surface area contributed by atoms with Crippen molar-refractivity contribution in [1.29, 1.82) is 0 Å². The third kappa shape index (κ3) is 3.75. The summed E-state index contributed by atoms with van der Waals surface area (Å²) in [6, 6.07) is 10.2. The maximum Gasteiger partial charge on any atom is 0.255 e. The van der Waals surface area contributed by atoms with E-state index in [1.54, 1.807) is 28.9 Å². The van der Waals surface area contributed by atoms with E-state index in [9.17, 15) is 4.39 Å². The van der Waals surface area contributed by atoms with Gasteiger partial charge in [0.1, 0.15) is 18.6 Å². The second-order valence-electron chi connectivity index (χ2n) is 5.99. The lowest BCUT2D eigenvalue weighted by molar-refractivity contribution is -0.284. The molecule has 0 aliphatic carbocycles. The van der Waals surface area contributed by atoms with Crippen molar-refractivity contribution >= 4 is 12.2 Å². The standard InChI is InChI=1S/C18H17FN4O3S/c19-15-9-13(10-20-16(15)26-14-5-2-1-3-6-14)18(24-7-4-8-25-18)11-23-17(27)21-12-22-23/h1-3,5-6,9-10,12H,4,7-8,11H2,(H,21,22,27). The second kappa shape index (κ2) is 7.55. The minimum Gasteiger partial charge on any atom is -0.436 e. The lowest BCUT2D eigenvalue weighted by Crippen LogP contribution is -2.42. The Hall–Kier alpha value is -2.62. The van der Waals surface area contributed by atoms with Crippen molar-refractivity contribution in [2.45, 2.75) is 18.8 Å². The first-order valence-electron chi connectivity index (χ1n) is 8.43. The fraction of sp³-hybridized carbons (Fsp3) is 0.278. The topological polar surface area (TPSA) is 74.2 Å². The van der Waals surface area contributed by atoms with Crippen LogP contribution in [0.25, 0.3) is 0 Å². The fourth-order valence-corrected chi connectivity index (χ4v) is 3.00. The first kappa shape index (κ1) is 17.8. The molecule has 1 fully saturated rings. The third-order valence-corrected chi connectivity index (χ3v) is 4.48. The average Bonchev–Trinajstić information content (AvgIpc) is 3.09. The number of benzene rings is 1. The molecule has 9 heteroatoms. The van der Waals surface area contributed by atoms with Crippen LogP contribution in [-0.4, -0.2) is 33.0 Å². The molecule has 1 saturated heterocycles. The summed E-state index contributed by atoms with van der Waals surface area (Å²) in [5.74, 6) is -1.43. The largest absolute Gasteiger partial charge is 0.436 e. The first-order chi connectivity index (χ1) is 13.2. The van der Waals surface area contributed by atoms with Gasteiger partial charge in [0.15, 0.2) is 5.82 Å². The van der Waals surface area contributed by atoms with Crippen LogP contribution in [0.5, 0.6) is 11.6 Å². The summed E-state index contributed by atoms with van der Waals surface area (Å²) >= 11 is 5.17. The Kier molecular flexibility index (Phi) is 4.97. The summed E-state index contributed by atoms with van der Waals surface area (Å²) in [6.45, 7) is 1.16. The van der Waals surface area contributed by atoms with Crippen LogP contribution in [0.3, 0.4) is 0 Å². The first-order valence-corrected chi connectivity index (χ1v) is 8.84. The molecule has 0 bridgehead atoms. The highest BCUT2D eigenvalue weighted by Gasteiger charge is 2.39.